The van der Waals surface area contributed by atoms with Gasteiger partial charge in [0.05, 0.1) is 0 Å². The molecular weight excluding hydrogens is 294 g/mol. The molecule has 3 nitrogen and oxygen atoms in total. The second-order valence-corrected chi connectivity index (χ2v) is 6.04. The van der Waals surface area contributed by atoms with E-state index in [2.05, 4.69) is 4.98 Å². The van der Waals surface area contributed by atoms with Gasteiger partial charge in [-0.25, -0.2) is 0 Å². The van der Waals surface area contributed by atoms with Crippen molar-refractivity contribution < 1.29 is 9.53 Å². The average molecular weight is 309 g/mol. The van der Waals surface area contributed by atoms with Gasteiger partial charge in [-0.15, -0.1) is 0 Å². The molecule has 3 aromatic rings. The summed E-state index contributed by atoms with van der Waals surface area (Å²) in [6.45, 7) is 2.04. The molecule has 0 unspecified atom stereocenters. The average Bonchev–Trinajstić information content (AvgIpc) is 2.55. The highest BCUT2D eigenvalue weighted by Gasteiger charge is 2.08. The van der Waals surface area contributed by atoms with E-state index in [9.17, 15) is 4.79 Å². The molecule has 1 aromatic heterocycles. The second-order valence-electron chi connectivity index (χ2n) is 4.91. The zero-order valence-electron chi connectivity index (χ0n) is 12.2. The lowest BCUT2D eigenvalue weighted by Gasteiger charge is -2.07. The summed E-state index contributed by atoms with van der Waals surface area (Å²) in [5.74, 6) is 0.635. The largest absolute Gasteiger partial charge is 0.483 e. The summed E-state index contributed by atoms with van der Waals surface area (Å²) < 4.78 is 5.64. The van der Waals surface area contributed by atoms with Gasteiger partial charge in [-0.1, -0.05) is 35.9 Å². The quantitative estimate of drug-likeness (QED) is 0.676. The number of rotatable bonds is 4. The standard InChI is InChI=1S/C18H15NO2S/c1-13-7-9-15(10-8-13)22-17(20)12-21-16-6-2-4-14-5-3-11-19-18(14)16/h2-11H,12H2,1H3. The van der Waals surface area contributed by atoms with Crippen molar-refractivity contribution in [1.82, 2.24) is 4.98 Å². The minimum atomic E-state index is -0.0308. The van der Waals surface area contributed by atoms with Crippen LogP contribution in [-0.2, 0) is 4.79 Å². The third-order valence-corrected chi connectivity index (χ3v) is 4.05. The molecule has 0 radical (unpaired) electrons. The van der Waals surface area contributed by atoms with Crippen LogP contribution in [0.4, 0.5) is 0 Å². The Hall–Kier alpha value is -2.33. The summed E-state index contributed by atoms with van der Waals surface area (Å²) in [5.41, 5.74) is 1.95. The monoisotopic (exact) mass is 309 g/mol. The van der Waals surface area contributed by atoms with E-state index in [0.717, 1.165) is 15.8 Å². The molecule has 0 bridgehead atoms. The van der Waals surface area contributed by atoms with E-state index in [1.165, 1.54) is 17.3 Å². The summed E-state index contributed by atoms with van der Waals surface area (Å²) in [5, 5.41) is 0.968. The van der Waals surface area contributed by atoms with Crippen LogP contribution >= 0.6 is 11.8 Å². The number of nitrogens with zero attached hydrogens (tertiary/aromatic N) is 1. The molecule has 0 fully saturated rings. The topological polar surface area (TPSA) is 39.2 Å². The van der Waals surface area contributed by atoms with Gasteiger partial charge >= 0.3 is 0 Å². The van der Waals surface area contributed by atoms with E-state index in [4.69, 9.17) is 4.74 Å². The Morgan fingerprint density at radius 1 is 1.09 bits per heavy atom. The molecule has 2 aromatic carbocycles. The molecule has 0 spiro atoms. The number of carbonyl (C=O) groups excluding carboxylic acids is 1. The van der Waals surface area contributed by atoms with Gasteiger partial charge in [0.15, 0.2) is 6.61 Å². The van der Waals surface area contributed by atoms with Crippen molar-refractivity contribution in [3.63, 3.8) is 0 Å². The van der Waals surface area contributed by atoms with Gasteiger partial charge in [0, 0.05) is 16.5 Å². The van der Waals surface area contributed by atoms with Crippen LogP contribution in [0.15, 0.2) is 65.7 Å². The van der Waals surface area contributed by atoms with Gasteiger partial charge in [0.2, 0.25) is 5.12 Å². The lowest BCUT2D eigenvalue weighted by atomic mass is 10.2. The predicted octanol–water partition coefficient (Wildman–Crippen LogP) is 4.24. The van der Waals surface area contributed by atoms with Crippen LogP contribution in [0.1, 0.15) is 5.56 Å². The fourth-order valence-corrected chi connectivity index (χ4v) is 2.75. The van der Waals surface area contributed by atoms with E-state index >= 15 is 0 Å². The SMILES string of the molecule is Cc1ccc(SC(=O)COc2cccc3cccnc23)cc1. The Kier molecular flexibility index (Phi) is 4.39. The number of para-hydroxylation sites is 1. The number of benzene rings is 2. The summed E-state index contributed by atoms with van der Waals surface area (Å²) in [6.07, 6.45) is 1.72. The highest BCUT2D eigenvalue weighted by molar-refractivity contribution is 8.13. The fraction of sp³-hybridized carbons (Fsp3) is 0.111. The summed E-state index contributed by atoms with van der Waals surface area (Å²) in [7, 11) is 0. The minimum absolute atomic E-state index is 0.0221. The third-order valence-electron chi connectivity index (χ3n) is 3.19. The lowest BCUT2D eigenvalue weighted by Crippen LogP contribution is -2.07. The minimum Gasteiger partial charge on any atom is -0.483 e. The number of aromatic nitrogens is 1. The molecule has 0 aliphatic carbocycles. The predicted molar refractivity (Wildman–Crippen MR) is 89.3 cm³/mol. The van der Waals surface area contributed by atoms with Crippen LogP contribution < -0.4 is 4.74 Å². The molecule has 3 rings (SSSR count). The first-order chi connectivity index (χ1) is 10.7. The Labute approximate surface area is 133 Å². The van der Waals surface area contributed by atoms with Crippen molar-refractivity contribution in [3.05, 3.63) is 66.4 Å². The maximum absolute atomic E-state index is 12.0. The Balaban J connectivity index is 1.66. The van der Waals surface area contributed by atoms with Gasteiger partial charge in [-0.3, -0.25) is 9.78 Å². The first-order valence-corrected chi connectivity index (χ1v) is 7.78. The van der Waals surface area contributed by atoms with Crippen LogP contribution in [0.3, 0.4) is 0 Å². The molecule has 0 atom stereocenters. The van der Waals surface area contributed by atoms with E-state index in [-0.39, 0.29) is 11.7 Å². The zero-order valence-corrected chi connectivity index (χ0v) is 13.0. The van der Waals surface area contributed by atoms with Crippen LogP contribution in [0.2, 0.25) is 0 Å². The second kappa shape index (κ2) is 6.62. The zero-order chi connectivity index (χ0) is 15.4. The molecule has 1 heterocycles. The van der Waals surface area contributed by atoms with E-state index in [1.54, 1.807) is 6.20 Å². The van der Waals surface area contributed by atoms with Gasteiger partial charge in [-0.05, 0) is 43.0 Å². The van der Waals surface area contributed by atoms with E-state index in [1.807, 2.05) is 61.5 Å². The van der Waals surface area contributed by atoms with Crippen molar-refractivity contribution in [3.8, 4) is 5.75 Å². The highest BCUT2D eigenvalue weighted by atomic mass is 32.2. The van der Waals surface area contributed by atoms with E-state index < -0.39 is 0 Å². The van der Waals surface area contributed by atoms with Crippen molar-refractivity contribution in [2.45, 2.75) is 11.8 Å². The van der Waals surface area contributed by atoms with Crippen molar-refractivity contribution in [1.29, 1.82) is 0 Å². The van der Waals surface area contributed by atoms with Crippen LogP contribution in [0.25, 0.3) is 10.9 Å². The number of aryl methyl sites for hydroxylation is 1. The number of fused-ring (bicyclic) bond motifs is 1. The van der Waals surface area contributed by atoms with E-state index in [0.29, 0.717) is 5.75 Å². The van der Waals surface area contributed by atoms with Gasteiger partial charge in [0.1, 0.15) is 11.3 Å². The fourth-order valence-electron chi connectivity index (χ4n) is 2.10. The number of carbonyl (C=O) groups is 1. The molecule has 0 amide bonds. The summed E-state index contributed by atoms with van der Waals surface area (Å²) in [4.78, 5) is 17.3. The Morgan fingerprint density at radius 3 is 2.68 bits per heavy atom. The smallest absolute Gasteiger partial charge is 0.231 e. The molecule has 0 aliphatic rings. The lowest BCUT2D eigenvalue weighted by molar-refractivity contribution is -0.112. The van der Waals surface area contributed by atoms with Gasteiger partial charge < -0.3 is 4.74 Å². The van der Waals surface area contributed by atoms with Crippen LogP contribution in [0, 0.1) is 6.92 Å². The third kappa shape index (κ3) is 3.46. The molecule has 0 saturated carbocycles. The summed E-state index contributed by atoms with van der Waals surface area (Å²) in [6, 6.07) is 17.4. The van der Waals surface area contributed by atoms with Gasteiger partial charge in [0.25, 0.3) is 0 Å². The first-order valence-electron chi connectivity index (χ1n) is 6.96. The van der Waals surface area contributed by atoms with Crippen molar-refractivity contribution in [2.24, 2.45) is 0 Å². The first kappa shape index (κ1) is 14.6. The van der Waals surface area contributed by atoms with Crippen LogP contribution in [-0.4, -0.2) is 16.7 Å². The maximum atomic E-state index is 12.0. The summed E-state index contributed by atoms with van der Waals surface area (Å²) >= 11 is 1.19. The number of hydrogen-bond acceptors (Lipinski definition) is 4. The highest BCUT2D eigenvalue weighted by Crippen LogP contribution is 2.24. The Morgan fingerprint density at radius 2 is 1.86 bits per heavy atom. The number of ether oxygens (including phenoxy) is 1. The normalized spacial score (nSPS) is 10.6. The molecule has 22 heavy (non-hydrogen) atoms. The molecule has 110 valence electrons. The Bertz CT molecular complexity index is 794. The molecule has 0 N–H and O–H groups in total. The van der Waals surface area contributed by atoms with Crippen LogP contribution in [0.5, 0.6) is 5.75 Å². The number of thioether (sulfide) groups is 1. The van der Waals surface area contributed by atoms with Gasteiger partial charge in [-0.2, -0.15) is 0 Å². The van der Waals surface area contributed by atoms with Crippen molar-refractivity contribution in [2.75, 3.05) is 6.61 Å². The van der Waals surface area contributed by atoms with Crippen molar-refractivity contribution >= 4 is 27.8 Å². The number of pyridine rings is 1. The molecule has 4 heteroatoms. The molecule has 0 saturated heterocycles. The molecular formula is C18H15NO2S. The number of hydrogen-bond donors (Lipinski definition) is 0. The maximum Gasteiger partial charge on any atom is 0.231 e. The molecule has 0 aliphatic heterocycles.